The van der Waals surface area contributed by atoms with Gasteiger partial charge in [-0.1, -0.05) is 113 Å². The average Bonchev–Trinajstić information content (AvgIpc) is 3.30. The Morgan fingerprint density at radius 1 is 0.887 bits per heavy atom. The van der Waals surface area contributed by atoms with E-state index in [1.807, 2.05) is 6.92 Å². The number of aliphatic hydroxyl groups is 5. The van der Waals surface area contributed by atoms with E-state index in [-0.39, 0.29) is 18.7 Å². The van der Waals surface area contributed by atoms with Gasteiger partial charge in [-0.05, 0) is 57.4 Å². The molecule has 2 aliphatic heterocycles. The smallest absolute Gasteiger partial charge is 0.462 e. The van der Waals surface area contributed by atoms with Crippen LogP contribution in [0.5, 0.6) is 0 Å². The first-order chi connectivity index (χ1) is 33.9. The van der Waals surface area contributed by atoms with E-state index in [0.29, 0.717) is 19.3 Å². The number of rotatable bonds is 22. The van der Waals surface area contributed by atoms with Crippen molar-refractivity contribution in [2.45, 2.75) is 172 Å². The lowest BCUT2D eigenvalue weighted by Crippen LogP contribution is -2.52. The van der Waals surface area contributed by atoms with E-state index in [0.717, 1.165) is 75.0 Å². The molecular weight excluding hydrogens is 968 g/mol. The minimum atomic E-state index is -5.69. The molecule has 0 amide bonds. The number of hydrogen-bond acceptors (Lipinski definition) is 18. The highest BCUT2D eigenvalue weighted by Crippen LogP contribution is 2.60. The predicted molar refractivity (Wildman–Crippen MR) is 263 cm³/mol. The van der Waals surface area contributed by atoms with Crippen LogP contribution >= 0.6 is 15.6 Å². The Kier molecular flexibility index (Phi) is 28.8. The maximum Gasteiger partial charge on any atom is 0.481 e. The summed E-state index contributed by atoms with van der Waals surface area (Å²) in [7, 11) is -11.3. The number of phosphoric acid groups is 2. The van der Waals surface area contributed by atoms with Gasteiger partial charge in [-0.3, -0.25) is 23.2 Å². The number of phosphoric ester groups is 2. The molecular formula is C48H77N3O18P2. The van der Waals surface area contributed by atoms with E-state index < -0.39 is 127 Å². The van der Waals surface area contributed by atoms with Gasteiger partial charge in [0.05, 0.1) is 44.1 Å². The Balaban J connectivity index is 1.80. The zero-order chi connectivity index (χ0) is 52.2. The maximum absolute atomic E-state index is 13.3. The Bertz CT molecular complexity index is 2050. The molecule has 402 valence electrons. The van der Waals surface area contributed by atoms with Crippen molar-refractivity contribution >= 4 is 33.4 Å². The van der Waals surface area contributed by atoms with E-state index in [4.69, 9.17) is 29.0 Å². The van der Waals surface area contributed by atoms with Crippen LogP contribution in [0.15, 0.2) is 77.8 Å². The third kappa shape index (κ3) is 24.3. The van der Waals surface area contributed by atoms with Crippen molar-refractivity contribution in [1.82, 2.24) is 9.55 Å². The number of nitrogens with zero attached hydrogens (tertiary/aromatic N) is 2. The number of aliphatic hydroxyl groups excluding tert-OH is 5. The molecule has 9 N–H and O–H groups in total. The molecule has 0 aromatic carbocycles. The van der Waals surface area contributed by atoms with Gasteiger partial charge in [0.1, 0.15) is 30.9 Å². The molecule has 2 bridgehead atoms. The zero-order valence-corrected chi connectivity index (χ0v) is 42.6. The van der Waals surface area contributed by atoms with E-state index >= 15 is 0 Å². The summed E-state index contributed by atoms with van der Waals surface area (Å²) in [6.45, 7) is 1.29. The number of nitrogens with two attached hydrogens (primary N) is 1. The number of allylic oxidation sites excluding steroid dienone is 7. The molecule has 3 heterocycles. The fourth-order valence-electron chi connectivity index (χ4n) is 7.76. The summed E-state index contributed by atoms with van der Waals surface area (Å²) in [5.41, 5.74) is 4.72. The first kappa shape index (κ1) is 61.6. The summed E-state index contributed by atoms with van der Waals surface area (Å²) >= 11 is 0. The minimum Gasteiger partial charge on any atom is -0.462 e. The molecule has 1 aromatic heterocycles. The Labute approximate surface area is 416 Å². The van der Waals surface area contributed by atoms with Crippen LogP contribution in [0.2, 0.25) is 0 Å². The van der Waals surface area contributed by atoms with E-state index in [1.54, 1.807) is 0 Å². The molecule has 0 radical (unpaired) electrons. The van der Waals surface area contributed by atoms with Crippen LogP contribution in [-0.4, -0.2) is 119 Å². The molecule has 71 heavy (non-hydrogen) atoms. The van der Waals surface area contributed by atoms with Crippen LogP contribution in [0.3, 0.4) is 0 Å². The second-order valence-corrected chi connectivity index (χ2v) is 20.6. The van der Waals surface area contributed by atoms with E-state index in [9.17, 15) is 58.8 Å². The van der Waals surface area contributed by atoms with Gasteiger partial charge in [-0.25, -0.2) is 13.9 Å². The van der Waals surface area contributed by atoms with Gasteiger partial charge in [0.2, 0.25) is 0 Å². The number of hydrogen-bond donors (Lipinski definition) is 8. The van der Waals surface area contributed by atoms with Crippen molar-refractivity contribution in [1.29, 1.82) is 0 Å². The van der Waals surface area contributed by atoms with Gasteiger partial charge in [-0.2, -0.15) is 9.29 Å². The highest BCUT2D eigenvalue weighted by molar-refractivity contribution is 7.61. The molecule has 0 saturated carbocycles. The normalized spacial score (nSPS) is 30.9. The molecule has 21 nitrogen and oxygen atoms in total. The minimum absolute atomic E-state index is 0.0379. The topological polar surface area (TPSA) is 326 Å². The van der Waals surface area contributed by atoms with Gasteiger partial charge < -0.3 is 55.3 Å². The van der Waals surface area contributed by atoms with Gasteiger partial charge in [0, 0.05) is 30.9 Å². The molecule has 23 heteroatoms. The molecule has 2 aliphatic rings. The third-order valence-corrected chi connectivity index (χ3v) is 14.3. The predicted octanol–water partition coefficient (Wildman–Crippen LogP) is 5.93. The lowest BCUT2D eigenvalue weighted by Gasteiger charge is -2.40. The first-order valence-corrected chi connectivity index (χ1v) is 27.5. The average molecular weight is 1050 g/mol. The lowest BCUT2D eigenvalue weighted by molar-refractivity contribution is -0.194. The number of carbonyl (C=O) groups is 2. The van der Waals surface area contributed by atoms with Crippen LogP contribution < -0.4 is 11.4 Å². The van der Waals surface area contributed by atoms with Crippen LogP contribution in [-0.2, 0) is 46.3 Å². The number of cyclic esters (lactones) is 1. The molecule has 1 aromatic rings. The quantitative estimate of drug-likeness (QED) is 0.0289. The largest absolute Gasteiger partial charge is 0.481 e. The first-order valence-electron chi connectivity index (χ1n) is 24.6. The van der Waals surface area contributed by atoms with Crippen LogP contribution in [0, 0.1) is 11.8 Å². The monoisotopic (exact) mass is 1050 g/mol. The number of ether oxygens (including phenoxy) is 3. The summed E-state index contributed by atoms with van der Waals surface area (Å²) in [6, 6.07) is 1.22. The van der Waals surface area contributed by atoms with Crippen LogP contribution in [0.4, 0.5) is 5.82 Å². The van der Waals surface area contributed by atoms with Crippen molar-refractivity contribution in [3.05, 3.63) is 83.5 Å². The van der Waals surface area contributed by atoms with Gasteiger partial charge in [-0.15, -0.1) is 0 Å². The van der Waals surface area contributed by atoms with Crippen LogP contribution in [0.25, 0.3) is 0 Å². The van der Waals surface area contributed by atoms with E-state index in [1.165, 1.54) is 30.4 Å². The van der Waals surface area contributed by atoms with Gasteiger partial charge >= 0.3 is 33.3 Å². The second kappa shape index (κ2) is 33.2. The number of aromatic nitrogens is 2. The Morgan fingerprint density at radius 2 is 1.56 bits per heavy atom. The number of anilines is 1. The Morgan fingerprint density at radius 3 is 2.27 bits per heavy atom. The highest BCUT2D eigenvalue weighted by Gasteiger charge is 2.45. The molecule has 3 rings (SSSR count). The van der Waals surface area contributed by atoms with Crippen molar-refractivity contribution < 1.29 is 81.6 Å². The second-order valence-electron chi connectivity index (χ2n) is 17.6. The van der Waals surface area contributed by atoms with Crippen molar-refractivity contribution in [2.75, 3.05) is 25.6 Å². The number of unbranched alkanes of at least 4 members (excludes halogenated alkanes) is 7. The summed E-state index contributed by atoms with van der Waals surface area (Å²) in [5, 5.41) is 57.2. The molecule has 0 aliphatic carbocycles. The number of carbonyl (C=O) groups excluding carboxylic acids is 2. The number of esters is 2. The summed E-state index contributed by atoms with van der Waals surface area (Å²) in [4.78, 5) is 64.0. The third-order valence-electron chi connectivity index (χ3n) is 11.7. The molecule has 12 atom stereocenters. The number of fused-ring (bicyclic) bond motifs is 3. The molecule has 1 saturated heterocycles. The number of nitrogen functional groups attached to an aromatic ring is 1. The lowest BCUT2D eigenvalue weighted by atomic mass is 9.82. The van der Waals surface area contributed by atoms with Crippen molar-refractivity contribution in [3.63, 3.8) is 0 Å². The SMILES string of the molecule is CC/C=C\C/C=C\C/C=C\CCCCCCCC(=O)OC[C@@H]1COP(=O)(O)OP(=O)(O)OC[C@H]2O[C@@H](n3ccc(N)nc3=O)[C@H](C/C=C\CC(=O)O1)[C@@H](O)C[C@@H](O)[C@H](C=C[C@H](O)CCCCC)[C@H](O)[C@@H]2O. The fraction of sp³-hybridized carbons (Fsp3) is 0.667. The van der Waals surface area contributed by atoms with Gasteiger partial charge in [0.15, 0.2) is 6.10 Å². The van der Waals surface area contributed by atoms with Crippen molar-refractivity contribution in [3.8, 4) is 0 Å². The fourth-order valence-corrected chi connectivity index (χ4v) is 9.87. The zero-order valence-electron chi connectivity index (χ0n) is 40.8. The summed E-state index contributed by atoms with van der Waals surface area (Å²) < 4.78 is 58.5. The summed E-state index contributed by atoms with van der Waals surface area (Å²) in [6.07, 6.45) is 15.4. The van der Waals surface area contributed by atoms with Crippen molar-refractivity contribution in [2.24, 2.45) is 11.8 Å². The van der Waals surface area contributed by atoms with Crippen LogP contribution in [0.1, 0.15) is 129 Å². The molecule has 1 fully saturated rings. The standard InChI is InChI=1S/C48H77N3O18P2/c1-3-5-7-8-9-10-11-12-13-14-15-16-17-18-20-25-43(55)64-32-36-33-65-70(60,61)69-71(62,63)66-34-41-46(58)45(57)37(28-27-35(52)23-19-6-4-2)39(53)31-40(54)38(24-21-22-26-44(56)67-36)47(68-41)51-30-29-42(49)50-48(51)59/h5,7,9-10,12-13,21-22,27-30,35-41,45-47,52-54,57-58H,3-4,6,8,11,14-20,23-26,31-34H2,1-2H3,(H,60,61)(H,62,63)(H2,49,50,59)/b7-5-,10-9-,13-12-,22-21-,28-27?/t35-,36-,37+,38-,39-,40+,41-,45+,46-,47-/m1/s1. The van der Waals surface area contributed by atoms with Gasteiger partial charge in [0.25, 0.3) is 0 Å². The molecule has 0 spiro atoms. The highest BCUT2D eigenvalue weighted by atomic mass is 31.3. The maximum atomic E-state index is 13.3. The molecule has 2 unspecified atom stereocenters. The Hall–Kier alpha value is -3.66. The van der Waals surface area contributed by atoms with E-state index in [2.05, 4.69) is 52.7 Å². The summed E-state index contributed by atoms with van der Waals surface area (Å²) in [5.74, 6) is -4.45.